The molecule has 1 fully saturated rings. The monoisotopic (exact) mass is 356 g/mol. The second-order valence-corrected chi connectivity index (χ2v) is 5.75. The van der Waals surface area contributed by atoms with E-state index in [0.717, 1.165) is 13.1 Å². The number of halogens is 2. The van der Waals surface area contributed by atoms with Gasteiger partial charge in [-0.1, -0.05) is 6.92 Å². The Morgan fingerprint density at radius 1 is 1.41 bits per heavy atom. The van der Waals surface area contributed by atoms with Crippen LogP contribution < -0.4 is 10.6 Å². The molecule has 0 spiro atoms. The molecular weight excluding hydrogens is 327 g/mol. The van der Waals surface area contributed by atoms with E-state index in [0.29, 0.717) is 26.1 Å². The average molecular weight is 357 g/mol. The first-order valence-electron chi connectivity index (χ1n) is 7.37. The van der Waals surface area contributed by atoms with Crippen LogP contribution in [0, 0.1) is 5.92 Å². The van der Waals surface area contributed by atoms with Crippen molar-refractivity contribution in [3.8, 4) is 0 Å². The summed E-state index contributed by atoms with van der Waals surface area (Å²) in [6.45, 7) is 7.64. The highest BCUT2D eigenvalue weighted by atomic mass is 35.5. The fraction of sp³-hybridized carbons (Fsp3) is 0.857. The molecule has 0 radical (unpaired) electrons. The normalized spacial score (nSPS) is 18.7. The third kappa shape index (κ3) is 8.17. The molecule has 1 aliphatic heterocycles. The minimum Gasteiger partial charge on any atom is -0.354 e. The molecular formula is C14H30Cl2N4O2. The first-order chi connectivity index (χ1) is 9.43. The van der Waals surface area contributed by atoms with Gasteiger partial charge in [0, 0.05) is 38.6 Å². The highest BCUT2D eigenvalue weighted by Gasteiger charge is 2.33. The van der Waals surface area contributed by atoms with Gasteiger partial charge in [-0.25, -0.2) is 0 Å². The number of nitrogens with zero attached hydrogens (tertiary/aromatic N) is 2. The molecule has 0 aliphatic carbocycles. The molecule has 1 rings (SSSR count). The van der Waals surface area contributed by atoms with Crippen molar-refractivity contribution in [3.63, 3.8) is 0 Å². The van der Waals surface area contributed by atoms with Crippen molar-refractivity contribution < 1.29 is 9.59 Å². The van der Waals surface area contributed by atoms with Gasteiger partial charge in [0.1, 0.15) is 0 Å². The zero-order chi connectivity index (χ0) is 15.1. The van der Waals surface area contributed by atoms with Gasteiger partial charge in [0.2, 0.25) is 11.8 Å². The van der Waals surface area contributed by atoms with E-state index < -0.39 is 0 Å². The standard InChI is InChI=1S/C14H28N4O2.2ClH/c1-5-15-11(2)9-16-14(20)12-8-13(19)18(10-12)7-6-17(3)4;;/h11-12,15H,5-10H2,1-4H3,(H,16,20);2*1H/t11-,12?;;/m1../s1. The van der Waals surface area contributed by atoms with Crippen molar-refractivity contribution in [3.05, 3.63) is 0 Å². The lowest BCUT2D eigenvalue weighted by Gasteiger charge is -2.19. The molecule has 2 atom stereocenters. The Morgan fingerprint density at radius 2 is 2.05 bits per heavy atom. The molecule has 22 heavy (non-hydrogen) atoms. The maximum atomic E-state index is 12.1. The van der Waals surface area contributed by atoms with Gasteiger partial charge in [0.05, 0.1) is 5.92 Å². The minimum atomic E-state index is -0.196. The number of rotatable bonds is 8. The molecule has 8 heteroatoms. The van der Waals surface area contributed by atoms with Gasteiger partial charge in [0.15, 0.2) is 0 Å². The Labute approximate surface area is 146 Å². The molecule has 1 heterocycles. The van der Waals surface area contributed by atoms with Crippen LogP contribution in [0.4, 0.5) is 0 Å². The Balaban J connectivity index is 0. The second kappa shape index (κ2) is 11.9. The predicted molar refractivity (Wildman–Crippen MR) is 93.9 cm³/mol. The SMILES string of the molecule is CCN[C@H](C)CNC(=O)C1CC(=O)N(CCN(C)C)C1.Cl.Cl. The Kier molecular flexibility index (Phi) is 12.9. The van der Waals surface area contributed by atoms with Gasteiger partial charge in [0.25, 0.3) is 0 Å². The molecule has 1 unspecified atom stereocenters. The van der Waals surface area contributed by atoms with Crippen LogP contribution in [0.5, 0.6) is 0 Å². The molecule has 1 aliphatic rings. The highest BCUT2D eigenvalue weighted by molar-refractivity contribution is 5.89. The van der Waals surface area contributed by atoms with Crippen molar-refractivity contribution in [1.29, 1.82) is 0 Å². The molecule has 1 saturated heterocycles. The molecule has 2 N–H and O–H groups in total. The Morgan fingerprint density at radius 3 is 2.59 bits per heavy atom. The highest BCUT2D eigenvalue weighted by Crippen LogP contribution is 2.17. The summed E-state index contributed by atoms with van der Waals surface area (Å²) in [6.07, 6.45) is 0.342. The molecule has 0 aromatic carbocycles. The fourth-order valence-corrected chi connectivity index (χ4v) is 2.30. The average Bonchev–Trinajstić information content (AvgIpc) is 2.75. The first kappa shape index (κ1) is 23.7. The lowest BCUT2D eigenvalue weighted by Crippen LogP contribution is -2.41. The summed E-state index contributed by atoms with van der Waals surface area (Å²) < 4.78 is 0. The van der Waals surface area contributed by atoms with Crippen molar-refractivity contribution in [2.45, 2.75) is 26.3 Å². The molecule has 132 valence electrons. The summed E-state index contributed by atoms with van der Waals surface area (Å²) in [5.74, 6) is -0.110. The number of hydrogen-bond donors (Lipinski definition) is 2. The molecule has 0 bridgehead atoms. The minimum absolute atomic E-state index is 0. The lowest BCUT2D eigenvalue weighted by atomic mass is 10.1. The number of nitrogens with one attached hydrogen (secondary N) is 2. The molecule has 0 aromatic rings. The number of carbonyl (C=O) groups excluding carboxylic acids is 2. The van der Waals surface area contributed by atoms with Crippen LogP contribution in [-0.2, 0) is 9.59 Å². The summed E-state index contributed by atoms with van der Waals surface area (Å²) in [4.78, 5) is 27.7. The number of likely N-dealkylation sites (N-methyl/N-ethyl adjacent to an activating group) is 2. The van der Waals surface area contributed by atoms with E-state index in [2.05, 4.69) is 10.6 Å². The van der Waals surface area contributed by atoms with Crippen molar-refractivity contribution in [2.24, 2.45) is 5.92 Å². The van der Waals surface area contributed by atoms with Crippen LogP contribution >= 0.6 is 24.8 Å². The van der Waals surface area contributed by atoms with Gasteiger partial charge in [-0.05, 0) is 27.6 Å². The van der Waals surface area contributed by atoms with E-state index in [-0.39, 0.29) is 48.6 Å². The van der Waals surface area contributed by atoms with Gasteiger partial charge >= 0.3 is 0 Å². The zero-order valence-corrected chi connectivity index (χ0v) is 15.6. The molecule has 0 aromatic heterocycles. The fourth-order valence-electron chi connectivity index (χ4n) is 2.30. The molecule has 6 nitrogen and oxygen atoms in total. The van der Waals surface area contributed by atoms with E-state index in [1.807, 2.05) is 32.8 Å². The van der Waals surface area contributed by atoms with Crippen LogP contribution in [0.2, 0.25) is 0 Å². The third-order valence-electron chi connectivity index (χ3n) is 3.54. The lowest BCUT2D eigenvalue weighted by molar-refractivity contribution is -0.129. The predicted octanol–water partition coefficient (Wildman–Crippen LogP) is 0.354. The van der Waals surface area contributed by atoms with Crippen LogP contribution in [0.25, 0.3) is 0 Å². The van der Waals surface area contributed by atoms with Crippen LogP contribution in [0.1, 0.15) is 20.3 Å². The van der Waals surface area contributed by atoms with E-state index in [1.165, 1.54) is 0 Å². The first-order valence-corrected chi connectivity index (χ1v) is 7.37. The quantitative estimate of drug-likeness (QED) is 0.658. The molecule has 2 amide bonds. The van der Waals surface area contributed by atoms with Crippen molar-refractivity contribution >= 4 is 36.6 Å². The smallest absolute Gasteiger partial charge is 0.225 e. The largest absolute Gasteiger partial charge is 0.354 e. The number of amides is 2. The van der Waals surface area contributed by atoms with Gasteiger partial charge < -0.3 is 20.4 Å². The number of carbonyl (C=O) groups is 2. The van der Waals surface area contributed by atoms with E-state index in [4.69, 9.17) is 0 Å². The third-order valence-corrected chi connectivity index (χ3v) is 3.54. The van der Waals surface area contributed by atoms with Crippen molar-refractivity contribution in [1.82, 2.24) is 20.4 Å². The topological polar surface area (TPSA) is 64.7 Å². The summed E-state index contributed by atoms with van der Waals surface area (Å²) in [5, 5.41) is 6.17. The van der Waals surface area contributed by atoms with E-state index >= 15 is 0 Å². The Hall–Kier alpha value is -0.560. The van der Waals surface area contributed by atoms with E-state index in [1.54, 1.807) is 4.90 Å². The number of hydrogen-bond acceptors (Lipinski definition) is 4. The van der Waals surface area contributed by atoms with Gasteiger partial charge in [-0.15, -0.1) is 24.8 Å². The molecule has 0 saturated carbocycles. The Bertz CT molecular complexity index is 343. The summed E-state index contributed by atoms with van der Waals surface area (Å²) in [5.41, 5.74) is 0. The summed E-state index contributed by atoms with van der Waals surface area (Å²) in [7, 11) is 3.96. The summed E-state index contributed by atoms with van der Waals surface area (Å²) in [6, 6.07) is 0.255. The summed E-state index contributed by atoms with van der Waals surface area (Å²) >= 11 is 0. The van der Waals surface area contributed by atoms with Gasteiger partial charge in [-0.2, -0.15) is 0 Å². The van der Waals surface area contributed by atoms with Crippen LogP contribution in [0.15, 0.2) is 0 Å². The zero-order valence-electron chi connectivity index (χ0n) is 13.9. The van der Waals surface area contributed by atoms with Crippen LogP contribution in [0.3, 0.4) is 0 Å². The number of likely N-dealkylation sites (tertiary alicyclic amines) is 1. The maximum absolute atomic E-state index is 12.1. The van der Waals surface area contributed by atoms with Gasteiger partial charge in [-0.3, -0.25) is 9.59 Å². The van der Waals surface area contributed by atoms with Crippen LogP contribution in [-0.4, -0.2) is 74.5 Å². The second-order valence-electron chi connectivity index (χ2n) is 5.75. The van der Waals surface area contributed by atoms with E-state index in [9.17, 15) is 9.59 Å². The maximum Gasteiger partial charge on any atom is 0.225 e. The van der Waals surface area contributed by atoms with Crippen molar-refractivity contribution in [2.75, 3.05) is 46.8 Å².